The summed E-state index contributed by atoms with van der Waals surface area (Å²) in [5, 5.41) is 6.35. The molecule has 0 saturated heterocycles. The van der Waals surface area contributed by atoms with Crippen LogP contribution < -0.4 is 25.9 Å². The van der Waals surface area contributed by atoms with Crippen molar-refractivity contribution in [1.29, 1.82) is 0 Å². The first-order valence-corrected chi connectivity index (χ1v) is 8.26. The van der Waals surface area contributed by atoms with E-state index >= 15 is 0 Å². The Kier molecular flexibility index (Phi) is 7.35. The summed E-state index contributed by atoms with van der Waals surface area (Å²) >= 11 is 6.02. The predicted octanol–water partition coefficient (Wildman–Crippen LogP) is 1.30. The van der Waals surface area contributed by atoms with Gasteiger partial charge in [-0.2, -0.15) is 5.10 Å². The molecular formula is C18H17ClN4O5. The minimum absolute atomic E-state index is 0.229. The lowest BCUT2D eigenvalue weighted by Crippen LogP contribution is -2.32. The number of hydrogen-bond acceptors (Lipinski definition) is 6. The van der Waals surface area contributed by atoms with Crippen LogP contribution in [0.25, 0.3) is 0 Å². The number of benzene rings is 2. The smallest absolute Gasteiger partial charge is 0.329 e. The Hall–Kier alpha value is -3.59. The quantitative estimate of drug-likeness (QED) is 0.363. The van der Waals surface area contributed by atoms with Crippen molar-refractivity contribution in [1.82, 2.24) is 5.43 Å². The fraction of sp³-hybridized carbons (Fsp3) is 0.111. The van der Waals surface area contributed by atoms with Crippen molar-refractivity contribution in [2.75, 3.05) is 19.0 Å². The Labute approximate surface area is 165 Å². The molecular weight excluding hydrogens is 388 g/mol. The molecule has 2 aromatic carbocycles. The lowest BCUT2D eigenvalue weighted by atomic mass is 10.2. The van der Waals surface area contributed by atoms with Gasteiger partial charge in [0, 0.05) is 11.8 Å². The second-order valence-corrected chi connectivity index (χ2v) is 5.74. The Morgan fingerprint density at radius 2 is 1.96 bits per heavy atom. The number of amides is 3. The number of primary amides is 1. The Bertz CT molecular complexity index is 917. The number of hydrogen-bond donors (Lipinski definition) is 3. The van der Waals surface area contributed by atoms with Gasteiger partial charge in [0.2, 0.25) is 0 Å². The highest BCUT2D eigenvalue weighted by molar-refractivity contribution is 6.39. The Morgan fingerprint density at radius 1 is 1.18 bits per heavy atom. The summed E-state index contributed by atoms with van der Waals surface area (Å²) in [5.74, 6) is -1.66. The number of ether oxygens (including phenoxy) is 2. The summed E-state index contributed by atoms with van der Waals surface area (Å²) in [4.78, 5) is 34.4. The van der Waals surface area contributed by atoms with E-state index in [1.807, 2.05) is 0 Å². The third kappa shape index (κ3) is 6.29. The molecule has 0 aliphatic rings. The number of nitrogens with one attached hydrogen (secondary N) is 2. The standard InChI is InChI=1S/C18H17ClN4O5/c1-27-13-4-2-3-12(8-13)22-17(25)18(26)23-21-9-11-5-6-15(14(19)7-11)28-10-16(20)24/h2-9H,10H2,1H3,(H2,20,24)(H,22,25)(H,23,26)/b21-9-. The van der Waals surface area contributed by atoms with Gasteiger partial charge in [0.25, 0.3) is 5.91 Å². The molecule has 0 spiro atoms. The molecule has 0 aromatic heterocycles. The van der Waals surface area contributed by atoms with Gasteiger partial charge in [-0.3, -0.25) is 14.4 Å². The van der Waals surface area contributed by atoms with Gasteiger partial charge in [-0.05, 0) is 35.9 Å². The highest BCUT2D eigenvalue weighted by Gasteiger charge is 2.13. The first kappa shape index (κ1) is 20.7. The number of carbonyl (C=O) groups is 3. The van der Waals surface area contributed by atoms with E-state index in [9.17, 15) is 14.4 Å². The summed E-state index contributed by atoms with van der Waals surface area (Å²) in [6.45, 7) is -0.300. The molecule has 0 unspecified atom stereocenters. The molecule has 0 aliphatic carbocycles. The zero-order valence-corrected chi connectivity index (χ0v) is 15.5. The first-order chi connectivity index (χ1) is 13.4. The van der Waals surface area contributed by atoms with Crippen LogP contribution in [0.2, 0.25) is 5.02 Å². The highest BCUT2D eigenvalue weighted by atomic mass is 35.5. The summed E-state index contributed by atoms with van der Waals surface area (Å²) < 4.78 is 10.2. The number of methoxy groups -OCH3 is 1. The fourth-order valence-corrected chi connectivity index (χ4v) is 2.21. The maximum absolute atomic E-state index is 11.9. The molecule has 2 rings (SSSR count). The summed E-state index contributed by atoms with van der Waals surface area (Å²) in [6, 6.07) is 11.2. The van der Waals surface area contributed by atoms with Crippen molar-refractivity contribution >= 4 is 41.2 Å². The Balaban J connectivity index is 1.90. The van der Waals surface area contributed by atoms with E-state index < -0.39 is 17.7 Å². The van der Waals surface area contributed by atoms with Crippen LogP contribution in [0.15, 0.2) is 47.6 Å². The van der Waals surface area contributed by atoms with Gasteiger partial charge >= 0.3 is 11.8 Å². The largest absolute Gasteiger partial charge is 0.497 e. The third-order valence-electron chi connectivity index (χ3n) is 3.24. The van der Waals surface area contributed by atoms with Crippen LogP contribution in [0.5, 0.6) is 11.5 Å². The van der Waals surface area contributed by atoms with Crippen molar-refractivity contribution < 1.29 is 23.9 Å². The Morgan fingerprint density at radius 3 is 2.64 bits per heavy atom. The summed E-state index contributed by atoms with van der Waals surface area (Å²) in [6.07, 6.45) is 1.29. The van der Waals surface area contributed by atoms with E-state index in [0.29, 0.717) is 17.0 Å². The normalized spacial score (nSPS) is 10.4. The molecule has 9 nitrogen and oxygen atoms in total. The summed E-state index contributed by atoms with van der Waals surface area (Å²) in [5.41, 5.74) is 8.04. The molecule has 2 aromatic rings. The van der Waals surface area contributed by atoms with Gasteiger partial charge in [0.05, 0.1) is 18.3 Å². The fourth-order valence-electron chi connectivity index (χ4n) is 1.97. The number of hydrazone groups is 1. The van der Waals surface area contributed by atoms with E-state index in [1.54, 1.807) is 30.3 Å². The number of nitrogens with zero attached hydrogens (tertiary/aromatic N) is 1. The van der Waals surface area contributed by atoms with Gasteiger partial charge in [0.15, 0.2) is 6.61 Å². The molecule has 10 heteroatoms. The van der Waals surface area contributed by atoms with Crippen LogP contribution in [0.1, 0.15) is 5.56 Å². The van der Waals surface area contributed by atoms with E-state index in [2.05, 4.69) is 15.8 Å². The van der Waals surface area contributed by atoms with Crippen molar-refractivity contribution in [2.24, 2.45) is 10.8 Å². The lowest BCUT2D eigenvalue weighted by molar-refractivity contribution is -0.136. The van der Waals surface area contributed by atoms with Gasteiger partial charge in [-0.25, -0.2) is 5.43 Å². The van der Waals surface area contributed by atoms with Crippen molar-refractivity contribution in [3.63, 3.8) is 0 Å². The van der Waals surface area contributed by atoms with E-state index in [-0.39, 0.29) is 17.4 Å². The average Bonchev–Trinajstić information content (AvgIpc) is 2.67. The molecule has 0 radical (unpaired) electrons. The summed E-state index contributed by atoms with van der Waals surface area (Å²) in [7, 11) is 1.49. The van der Waals surface area contributed by atoms with Crippen LogP contribution in [-0.4, -0.2) is 37.7 Å². The number of anilines is 1. The SMILES string of the molecule is COc1cccc(NC(=O)C(=O)N/N=C\c2ccc(OCC(N)=O)c(Cl)c2)c1. The molecule has 0 fully saturated rings. The number of rotatable bonds is 7. The predicted molar refractivity (Wildman–Crippen MR) is 104 cm³/mol. The number of carbonyl (C=O) groups excluding carboxylic acids is 3. The highest BCUT2D eigenvalue weighted by Crippen LogP contribution is 2.24. The molecule has 0 aliphatic heterocycles. The van der Waals surface area contributed by atoms with Gasteiger partial charge < -0.3 is 20.5 Å². The van der Waals surface area contributed by atoms with E-state index in [0.717, 1.165) is 0 Å². The molecule has 3 amide bonds. The molecule has 4 N–H and O–H groups in total. The maximum atomic E-state index is 11.9. The molecule has 0 saturated carbocycles. The van der Waals surface area contributed by atoms with Gasteiger partial charge in [0.1, 0.15) is 11.5 Å². The third-order valence-corrected chi connectivity index (χ3v) is 3.53. The molecule has 146 valence electrons. The second-order valence-electron chi connectivity index (χ2n) is 5.33. The molecule has 28 heavy (non-hydrogen) atoms. The average molecular weight is 405 g/mol. The van der Waals surface area contributed by atoms with Crippen LogP contribution in [0.4, 0.5) is 5.69 Å². The van der Waals surface area contributed by atoms with Gasteiger partial charge in [-0.15, -0.1) is 0 Å². The van der Waals surface area contributed by atoms with Gasteiger partial charge in [-0.1, -0.05) is 17.7 Å². The minimum Gasteiger partial charge on any atom is -0.497 e. The van der Waals surface area contributed by atoms with E-state index in [1.165, 1.54) is 25.5 Å². The van der Waals surface area contributed by atoms with Crippen molar-refractivity contribution in [3.8, 4) is 11.5 Å². The molecule has 0 bridgehead atoms. The first-order valence-electron chi connectivity index (χ1n) is 7.88. The number of halogens is 1. The monoisotopic (exact) mass is 404 g/mol. The maximum Gasteiger partial charge on any atom is 0.329 e. The minimum atomic E-state index is -0.952. The molecule has 0 atom stereocenters. The topological polar surface area (TPSA) is 132 Å². The van der Waals surface area contributed by atoms with Crippen LogP contribution in [-0.2, 0) is 14.4 Å². The van der Waals surface area contributed by atoms with Crippen molar-refractivity contribution in [3.05, 3.63) is 53.1 Å². The zero-order chi connectivity index (χ0) is 20.5. The lowest BCUT2D eigenvalue weighted by Gasteiger charge is -2.06. The zero-order valence-electron chi connectivity index (χ0n) is 14.8. The van der Waals surface area contributed by atoms with Crippen LogP contribution in [0.3, 0.4) is 0 Å². The van der Waals surface area contributed by atoms with Crippen molar-refractivity contribution in [2.45, 2.75) is 0 Å². The van der Waals surface area contributed by atoms with Crippen LogP contribution in [0, 0.1) is 0 Å². The molecule has 0 heterocycles. The van der Waals surface area contributed by atoms with Crippen LogP contribution >= 0.6 is 11.6 Å². The second kappa shape index (κ2) is 9.93. The van der Waals surface area contributed by atoms with E-state index in [4.69, 9.17) is 26.8 Å². The number of nitrogens with two attached hydrogens (primary N) is 1.